The van der Waals surface area contributed by atoms with Gasteiger partial charge in [-0.1, -0.05) is 0 Å². The van der Waals surface area contributed by atoms with E-state index in [1.165, 1.54) is 17.0 Å². The van der Waals surface area contributed by atoms with Gasteiger partial charge in [-0.2, -0.15) is 5.10 Å². The maximum atomic E-state index is 4.57. The molecule has 3 aromatic heterocycles. The molecule has 0 saturated heterocycles. The van der Waals surface area contributed by atoms with Gasteiger partial charge in [0.1, 0.15) is 0 Å². The fourth-order valence-corrected chi connectivity index (χ4v) is 3.23. The summed E-state index contributed by atoms with van der Waals surface area (Å²) in [5.41, 5.74) is 4.78. The van der Waals surface area contributed by atoms with Crippen LogP contribution in [0.3, 0.4) is 0 Å². The van der Waals surface area contributed by atoms with E-state index in [9.17, 15) is 0 Å². The van der Waals surface area contributed by atoms with E-state index in [-0.39, 0.29) is 6.04 Å². The second-order valence-electron chi connectivity index (χ2n) is 5.11. The Morgan fingerprint density at radius 2 is 2.20 bits per heavy atom. The lowest BCUT2D eigenvalue weighted by atomic mass is 10.1. The fourth-order valence-electron chi connectivity index (χ4n) is 2.45. The normalized spacial score (nSPS) is 13.2. The number of hydrogen-bond acceptors (Lipinski definition) is 4. The van der Waals surface area contributed by atoms with Crippen LogP contribution >= 0.6 is 11.3 Å². The summed E-state index contributed by atoms with van der Waals surface area (Å²) < 4.78 is 4.07. The number of nitrogens with one attached hydrogen (secondary N) is 1. The third kappa shape index (κ3) is 2.14. The second-order valence-corrected chi connectivity index (χ2v) is 5.98. The highest BCUT2D eigenvalue weighted by Gasteiger charge is 2.14. The molecule has 1 N–H and O–H groups in total. The van der Waals surface area contributed by atoms with Crippen LogP contribution in [0.1, 0.15) is 35.6 Å². The third-order valence-electron chi connectivity index (χ3n) is 3.88. The predicted octanol–water partition coefficient (Wildman–Crippen LogP) is 2.60. The van der Waals surface area contributed by atoms with Crippen LogP contribution < -0.4 is 5.32 Å². The Morgan fingerprint density at radius 1 is 1.40 bits per heavy atom. The smallest absolute Gasteiger partial charge is 0.194 e. The van der Waals surface area contributed by atoms with E-state index in [0.717, 1.165) is 17.2 Å². The molecule has 3 heterocycles. The SMILES string of the molecule is Cc1nc2sccn2c1CNC(C)c1cnn(C)c1C. The lowest BCUT2D eigenvalue weighted by Gasteiger charge is -2.13. The van der Waals surface area contributed by atoms with Gasteiger partial charge in [0, 0.05) is 42.5 Å². The zero-order valence-electron chi connectivity index (χ0n) is 12.2. The van der Waals surface area contributed by atoms with Gasteiger partial charge < -0.3 is 5.32 Å². The molecule has 0 aliphatic heterocycles. The number of nitrogens with zero attached hydrogens (tertiary/aromatic N) is 4. The third-order valence-corrected chi connectivity index (χ3v) is 4.63. The summed E-state index contributed by atoms with van der Waals surface area (Å²) in [6, 6.07) is 0.271. The van der Waals surface area contributed by atoms with E-state index < -0.39 is 0 Å². The van der Waals surface area contributed by atoms with Crippen molar-refractivity contribution < 1.29 is 0 Å². The van der Waals surface area contributed by atoms with Crippen LogP contribution in [0, 0.1) is 13.8 Å². The molecule has 20 heavy (non-hydrogen) atoms. The van der Waals surface area contributed by atoms with Gasteiger partial charge in [-0.3, -0.25) is 9.08 Å². The number of hydrogen-bond donors (Lipinski definition) is 1. The lowest BCUT2D eigenvalue weighted by Crippen LogP contribution is -2.20. The van der Waals surface area contributed by atoms with E-state index in [1.54, 1.807) is 11.3 Å². The standard InChI is InChI=1S/C14H19N5S/c1-9(12-7-16-18(4)11(12)3)15-8-13-10(2)17-14-19(13)5-6-20-14/h5-7,9,15H,8H2,1-4H3. The lowest BCUT2D eigenvalue weighted by molar-refractivity contribution is 0.561. The average molecular weight is 289 g/mol. The van der Waals surface area contributed by atoms with E-state index in [2.05, 4.69) is 52.1 Å². The van der Waals surface area contributed by atoms with Gasteiger partial charge in [-0.25, -0.2) is 4.98 Å². The van der Waals surface area contributed by atoms with Crippen molar-refractivity contribution in [2.24, 2.45) is 7.05 Å². The molecule has 3 aromatic rings. The molecule has 3 rings (SSSR count). The van der Waals surface area contributed by atoms with E-state index >= 15 is 0 Å². The molecule has 0 bridgehead atoms. The minimum absolute atomic E-state index is 0.271. The van der Waals surface area contributed by atoms with Crippen LogP contribution in [0.25, 0.3) is 4.96 Å². The van der Waals surface area contributed by atoms with Gasteiger partial charge >= 0.3 is 0 Å². The summed E-state index contributed by atoms with van der Waals surface area (Å²) in [6.45, 7) is 7.14. The number of fused-ring (bicyclic) bond motifs is 1. The molecule has 0 aliphatic carbocycles. The minimum Gasteiger partial charge on any atom is -0.304 e. The first kappa shape index (κ1) is 13.3. The average Bonchev–Trinajstić information content (AvgIpc) is 3.05. The molecule has 0 spiro atoms. The molecule has 0 amide bonds. The summed E-state index contributed by atoms with van der Waals surface area (Å²) in [6.07, 6.45) is 4.02. The molecule has 0 radical (unpaired) electrons. The van der Waals surface area contributed by atoms with Gasteiger partial charge in [0.25, 0.3) is 0 Å². The van der Waals surface area contributed by atoms with Crippen molar-refractivity contribution in [1.29, 1.82) is 0 Å². The van der Waals surface area contributed by atoms with Crippen molar-refractivity contribution in [2.75, 3.05) is 0 Å². The molecule has 0 fully saturated rings. The highest BCUT2D eigenvalue weighted by Crippen LogP contribution is 2.19. The molecular weight excluding hydrogens is 270 g/mol. The molecule has 0 aliphatic rings. The Balaban J connectivity index is 1.77. The monoisotopic (exact) mass is 289 g/mol. The molecule has 0 saturated carbocycles. The Hall–Kier alpha value is -1.66. The Labute approximate surface area is 122 Å². The molecule has 0 aromatic carbocycles. The maximum Gasteiger partial charge on any atom is 0.194 e. The van der Waals surface area contributed by atoms with Gasteiger partial charge in [0.15, 0.2) is 4.96 Å². The highest BCUT2D eigenvalue weighted by atomic mass is 32.1. The summed E-state index contributed by atoms with van der Waals surface area (Å²) >= 11 is 1.67. The molecule has 6 heteroatoms. The van der Waals surface area contributed by atoms with Crippen molar-refractivity contribution in [3.8, 4) is 0 Å². The topological polar surface area (TPSA) is 47.1 Å². The van der Waals surface area contributed by atoms with Gasteiger partial charge in [-0.05, 0) is 20.8 Å². The minimum atomic E-state index is 0.271. The summed E-state index contributed by atoms with van der Waals surface area (Å²) in [5.74, 6) is 0. The largest absolute Gasteiger partial charge is 0.304 e. The van der Waals surface area contributed by atoms with E-state index in [0.29, 0.717) is 0 Å². The molecule has 5 nitrogen and oxygen atoms in total. The van der Waals surface area contributed by atoms with Gasteiger partial charge in [0.05, 0.1) is 17.6 Å². The van der Waals surface area contributed by atoms with E-state index in [4.69, 9.17) is 0 Å². The quantitative estimate of drug-likeness (QED) is 0.803. The van der Waals surface area contributed by atoms with Crippen LogP contribution in [0.15, 0.2) is 17.8 Å². The second kappa shape index (κ2) is 5.03. The number of thiazole rings is 1. The Morgan fingerprint density at radius 3 is 2.90 bits per heavy atom. The molecule has 1 unspecified atom stereocenters. The highest BCUT2D eigenvalue weighted by molar-refractivity contribution is 7.15. The first-order chi connectivity index (χ1) is 9.58. The van der Waals surface area contributed by atoms with Crippen LogP contribution in [0.2, 0.25) is 0 Å². The summed E-state index contributed by atoms with van der Waals surface area (Å²) in [5, 5.41) is 9.94. The first-order valence-electron chi connectivity index (χ1n) is 6.71. The van der Waals surface area contributed by atoms with Gasteiger partial charge in [-0.15, -0.1) is 11.3 Å². The van der Waals surface area contributed by atoms with Crippen LogP contribution in [0.4, 0.5) is 0 Å². The Kier molecular flexibility index (Phi) is 3.35. The molecule has 1 atom stereocenters. The zero-order valence-corrected chi connectivity index (χ0v) is 13.0. The maximum absolute atomic E-state index is 4.57. The van der Waals surface area contributed by atoms with Gasteiger partial charge in [0.2, 0.25) is 0 Å². The number of aryl methyl sites for hydroxylation is 2. The fraction of sp³-hybridized carbons (Fsp3) is 0.429. The summed E-state index contributed by atoms with van der Waals surface area (Å²) in [7, 11) is 1.97. The number of aromatic nitrogens is 4. The van der Waals surface area contributed by atoms with Crippen LogP contribution in [-0.4, -0.2) is 19.2 Å². The van der Waals surface area contributed by atoms with Crippen molar-refractivity contribution in [3.05, 3.63) is 40.4 Å². The Bertz CT molecular complexity index is 736. The van der Waals surface area contributed by atoms with Crippen molar-refractivity contribution in [3.63, 3.8) is 0 Å². The number of imidazole rings is 1. The van der Waals surface area contributed by atoms with E-state index in [1.807, 2.05) is 17.9 Å². The van der Waals surface area contributed by atoms with Crippen molar-refractivity contribution in [1.82, 2.24) is 24.5 Å². The zero-order chi connectivity index (χ0) is 14.3. The van der Waals surface area contributed by atoms with Crippen LogP contribution in [-0.2, 0) is 13.6 Å². The van der Waals surface area contributed by atoms with Crippen LogP contribution in [0.5, 0.6) is 0 Å². The van der Waals surface area contributed by atoms with Crippen molar-refractivity contribution in [2.45, 2.75) is 33.4 Å². The number of rotatable bonds is 4. The van der Waals surface area contributed by atoms with Crippen molar-refractivity contribution >= 4 is 16.3 Å². The molecule has 106 valence electrons. The predicted molar refractivity (Wildman–Crippen MR) is 81.0 cm³/mol. The summed E-state index contributed by atoms with van der Waals surface area (Å²) in [4.78, 5) is 5.63. The first-order valence-corrected chi connectivity index (χ1v) is 7.58. The molecular formula is C14H19N5S.